The van der Waals surface area contributed by atoms with Crippen molar-refractivity contribution >= 4 is 87.5 Å². The fourth-order valence-corrected chi connectivity index (χ4v) is 8.93. The molecule has 0 aliphatic carbocycles. The smallest absolute Gasteiger partial charge is 0.160 e. The highest BCUT2D eigenvalue weighted by atomic mass is 16.3. The van der Waals surface area contributed by atoms with Crippen molar-refractivity contribution in [2.24, 2.45) is 0 Å². The van der Waals surface area contributed by atoms with E-state index in [4.69, 9.17) is 8.83 Å². The Balaban J connectivity index is 1.13. The Labute approximate surface area is 318 Å². The molecule has 0 saturated heterocycles. The summed E-state index contributed by atoms with van der Waals surface area (Å²) in [5.74, 6) is 0. The summed E-state index contributed by atoms with van der Waals surface area (Å²) < 4.78 is 17.4. The summed E-state index contributed by atoms with van der Waals surface area (Å²) in [4.78, 5) is 0. The van der Waals surface area contributed by atoms with Crippen LogP contribution in [0.1, 0.15) is 11.1 Å². The average molecular weight is 715 g/mol. The lowest BCUT2D eigenvalue weighted by Crippen LogP contribution is -1.98. The van der Waals surface area contributed by atoms with Gasteiger partial charge in [-0.1, -0.05) is 78.9 Å². The van der Waals surface area contributed by atoms with Crippen molar-refractivity contribution in [3.8, 4) is 34.6 Å². The van der Waals surface area contributed by atoms with Gasteiger partial charge in [0.1, 0.15) is 16.7 Å². The summed E-state index contributed by atoms with van der Waals surface area (Å²) >= 11 is 0. The first kappa shape index (κ1) is 30.4. The van der Waals surface area contributed by atoms with Crippen LogP contribution in [0.5, 0.6) is 0 Å². The second-order valence-corrected chi connectivity index (χ2v) is 14.3. The van der Waals surface area contributed by atoms with E-state index in [0.29, 0.717) is 11.1 Å². The largest absolute Gasteiger partial charge is 0.456 e. The first-order valence-electron chi connectivity index (χ1n) is 18.5. The van der Waals surface area contributed by atoms with E-state index in [2.05, 4.69) is 100 Å². The van der Waals surface area contributed by atoms with Gasteiger partial charge in [-0.3, -0.25) is 0 Å². The van der Waals surface area contributed by atoms with Crippen molar-refractivity contribution in [2.45, 2.75) is 0 Å². The molecule has 12 aromatic rings. The van der Waals surface area contributed by atoms with Gasteiger partial charge in [-0.15, -0.1) is 0 Å². The minimum atomic E-state index is 0.494. The zero-order valence-corrected chi connectivity index (χ0v) is 29.6. The molecule has 56 heavy (non-hydrogen) atoms. The lowest BCUT2D eigenvalue weighted by molar-refractivity contribution is 0.669. The van der Waals surface area contributed by atoms with Crippen LogP contribution in [-0.2, 0) is 0 Å². The van der Waals surface area contributed by atoms with Crippen molar-refractivity contribution in [3.05, 3.63) is 169 Å². The molecule has 0 spiro atoms. The highest BCUT2D eigenvalue weighted by Crippen LogP contribution is 2.42. The molecular weight excluding hydrogens is 689 g/mol. The molecule has 4 heterocycles. The van der Waals surface area contributed by atoms with E-state index in [1.54, 1.807) is 0 Å². The third-order valence-electron chi connectivity index (χ3n) is 11.3. The first-order valence-corrected chi connectivity index (χ1v) is 18.5. The van der Waals surface area contributed by atoms with E-state index in [9.17, 15) is 10.5 Å². The first-order chi connectivity index (χ1) is 27.7. The molecule has 0 amide bonds. The van der Waals surface area contributed by atoms with Crippen LogP contribution in [-0.4, -0.2) is 9.13 Å². The number of benzene rings is 8. The minimum Gasteiger partial charge on any atom is -0.456 e. The predicted octanol–water partition coefficient (Wildman–Crippen LogP) is 13.1. The van der Waals surface area contributed by atoms with Gasteiger partial charge >= 0.3 is 0 Å². The molecule has 12 rings (SSSR count). The molecule has 0 unspecified atom stereocenters. The molecule has 8 aromatic carbocycles. The van der Waals surface area contributed by atoms with Crippen LogP contribution in [0.4, 0.5) is 0 Å². The van der Waals surface area contributed by atoms with Gasteiger partial charge in [-0.05, 0) is 84.4 Å². The van der Waals surface area contributed by atoms with Gasteiger partial charge in [-0.25, -0.2) is 0 Å². The molecule has 0 N–H and O–H groups in total. The molecule has 258 valence electrons. The lowest BCUT2D eigenvalue weighted by Gasteiger charge is -2.14. The van der Waals surface area contributed by atoms with Crippen LogP contribution in [0.25, 0.3) is 110 Å². The zero-order chi connectivity index (χ0) is 37.1. The summed E-state index contributed by atoms with van der Waals surface area (Å²) in [5, 5.41) is 29.5. The van der Waals surface area contributed by atoms with Crippen molar-refractivity contribution in [1.29, 1.82) is 10.5 Å². The fraction of sp³-hybridized carbons (Fsp3) is 0. The second-order valence-electron chi connectivity index (χ2n) is 14.3. The number of fused-ring (bicyclic) bond motifs is 13. The van der Waals surface area contributed by atoms with Crippen molar-refractivity contribution < 1.29 is 8.83 Å². The van der Waals surface area contributed by atoms with E-state index in [1.165, 1.54) is 0 Å². The van der Waals surface area contributed by atoms with Crippen LogP contribution in [0.15, 0.2) is 167 Å². The molecule has 4 aromatic heterocycles. The lowest BCUT2D eigenvalue weighted by atomic mass is 9.97. The molecule has 0 fully saturated rings. The van der Waals surface area contributed by atoms with Crippen molar-refractivity contribution in [3.63, 3.8) is 0 Å². The number of rotatable bonds is 3. The summed E-state index contributed by atoms with van der Waals surface area (Å²) in [6, 6.07) is 58.2. The van der Waals surface area contributed by atoms with E-state index in [1.807, 2.05) is 78.9 Å². The summed E-state index contributed by atoms with van der Waals surface area (Å²) in [6.07, 6.45) is 0. The highest BCUT2D eigenvalue weighted by molar-refractivity contribution is 6.22. The van der Waals surface area contributed by atoms with Crippen LogP contribution in [0, 0.1) is 22.7 Å². The molecule has 0 bridgehead atoms. The third kappa shape index (κ3) is 4.13. The molecule has 6 nitrogen and oxygen atoms in total. The Morgan fingerprint density at radius 1 is 0.411 bits per heavy atom. The Morgan fingerprint density at radius 3 is 1.84 bits per heavy atom. The maximum atomic E-state index is 10.5. The standard InChI is InChI=1S/C50H26N4O2/c51-27-29-21-31(23-33(22-29)53-43-13-5-2-10-35(43)41-26-48-42(25-45(41)53)37-12-4-7-15-46(37)55-48)40-24-32(18-17-30(40)28-52)54-44-14-6-1-9-34(44)38-19-20-39-36-11-3-8-16-47(36)56-50(39)49(38)54/h1-26H. The van der Waals surface area contributed by atoms with E-state index in [-0.39, 0.29) is 0 Å². The van der Waals surface area contributed by atoms with Gasteiger partial charge in [0.05, 0.1) is 45.3 Å². The predicted molar refractivity (Wildman–Crippen MR) is 225 cm³/mol. The van der Waals surface area contributed by atoms with Crippen molar-refractivity contribution in [2.75, 3.05) is 0 Å². The maximum Gasteiger partial charge on any atom is 0.160 e. The summed E-state index contributed by atoms with van der Waals surface area (Å²) in [7, 11) is 0. The molecule has 0 aliphatic heterocycles. The number of furan rings is 2. The van der Waals surface area contributed by atoms with Crippen LogP contribution in [0.2, 0.25) is 0 Å². The number of aromatic nitrogens is 2. The highest BCUT2D eigenvalue weighted by Gasteiger charge is 2.21. The van der Waals surface area contributed by atoms with Crippen LogP contribution >= 0.6 is 0 Å². The van der Waals surface area contributed by atoms with E-state index in [0.717, 1.165) is 110 Å². The third-order valence-corrected chi connectivity index (χ3v) is 11.3. The van der Waals surface area contributed by atoms with Crippen LogP contribution < -0.4 is 0 Å². The number of nitriles is 2. The molecule has 0 radical (unpaired) electrons. The van der Waals surface area contributed by atoms with Gasteiger partial charge in [0.2, 0.25) is 0 Å². The Bertz CT molecular complexity index is 3750. The molecule has 0 saturated carbocycles. The summed E-state index contributed by atoms with van der Waals surface area (Å²) in [5.41, 5.74) is 11.5. The number of hydrogen-bond acceptors (Lipinski definition) is 4. The SMILES string of the molecule is N#Cc1cc(-c2cc(-n3c4ccccc4c4ccc5c6ccccc6oc5c43)ccc2C#N)cc(-n2c3ccccc3c3cc4oc5ccccc5c4cc32)c1. The fourth-order valence-electron chi connectivity index (χ4n) is 8.93. The van der Waals surface area contributed by atoms with Gasteiger partial charge in [-0.2, -0.15) is 10.5 Å². The molecule has 6 heteroatoms. The average Bonchev–Trinajstić information content (AvgIpc) is 4.00. The van der Waals surface area contributed by atoms with Gasteiger partial charge in [0.15, 0.2) is 5.58 Å². The second kappa shape index (κ2) is 11.2. The number of nitrogens with zero attached hydrogens (tertiary/aromatic N) is 4. The molecule has 0 aliphatic rings. The topological polar surface area (TPSA) is 83.7 Å². The Kier molecular flexibility index (Phi) is 6.10. The molecular formula is C50H26N4O2. The van der Waals surface area contributed by atoms with E-state index >= 15 is 0 Å². The number of hydrogen-bond donors (Lipinski definition) is 0. The van der Waals surface area contributed by atoms with Crippen LogP contribution in [0.3, 0.4) is 0 Å². The zero-order valence-electron chi connectivity index (χ0n) is 29.6. The summed E-state index contributed by atoms with van der Waals surface area (Å²) in [6.45, 7) is 0. The van der Waals surface area contributed by atoms with Gasteiger partial charge in [0.25, 0.3) is 0 Å². The monoisotopic (exact) mass is 714 g/mol. The minimum absolute atomic E-state index is 0.494. The van der Waals surface area contributed by atoms with Crippen molar-refractivity contribution in [1.82, 2.24) is 9.13 Å². The molecule has 0 atom stereocenters. The Hall–Kier alpha value is -8.06. The normalized spacial score (nSPS) is 11.9. The maximum absolute atomic E-state index is 10.5. The van der Waals surface area contributed by atoms with E-state index < -0.39 is 0 Å². The van der Waals surface area contributed by atoms with Gasteiger partial charge < -0.3 is 18.0 Å². The quantitative estimate of drug-likeness (QED) is 0.182. The Morgan fingerprint density at radius 2 is 1.07 bits per heavy atom. The number of para-hydroxylation sites is 4. The van der Waals surface area contributed by atoms with Gasteiger partial charge in [0, 0.05) is 60.0 Å².